The Morgan fingerprint density at radius 2 is 1.62 bits per heavy atom. The summed E-state index contributed by atoms with van der Waals surface area (Å²) in [6.45, 7) is 2.54. The predicted molar refractivity (Wildman–Crippen MR) is 109 cm³/mol. The summed E-state index contributed by atoms with van der Waals surface area (Å²) in [5.41, 5.74) is 1.92. The second-order valence-electron chi connectivity index (χ2n) is 5.89. The van der Waals surface area contributed by atoms with Crippen LogP contribution >= 0.6 is 0 Å². The smallest absolute Gasteiger partial charge is 0.337 e. The number of esters is 1. The van der Waals surface area contributed by atoms with Gasteiger partial charge in [-0.2, -0.15) is 0 Å². The molecule has 0 radical (unpaired) electrons. The highest BCUT2D eigenvalue weighted by Gasteiger charge is 2.10. The van der Waals surface area contributed by atoms with Crippen LogP contribution in [0.25, 0.3) is 0 Å². The van der Waals surface area contributed by atoms with Gasteiger partial charge in [-0.05, 0) is 55.5 Å². The number of nitrogens with zero attached hydrogens (tertiary/aromatic N) is 2. The van der Waals surface area contributed by atoms with Gasteiger partial charge < -0.3 is 20.1 Å². The van der Waals surface area contributed by atoms with Crippen LogP contribution in [0.4, 0.5) is 17.2 Å². The number of ether oxygens (including phenoxy) is 2. The number of anilines is 3. The van der Waals surface area contributed by atoms with Crippen LogP contribution in [-0.4, -0.2) is 35.6 Å². The Hall–Kier alpha value is -3.94. The zero-order chi connectivity index (χ0) is 20.6. The van der Waals surface area contributed by atoms with Gasteiger partial charge in [0.2, 0.25) is 0 Å². The SMILES string of the molecule is CCOc1ccc(Nc2cnc(C(=O)Nc3ccc(C(=O)OC)cc3)cn2)cc1. The monoisotopic (exact) mass is 392 g/mol. The van der Waals surface area contributed by atoms with Gasteiger partial charge in [-0.1, -0.05) is 0 Å². The molecule has 0 aliphatic heterocycles. The molecule has 8 nitrogen and oxygen atoms in total. The molecule has 0 aliphatic rings. The molecule has 0 unspecified atom stereocenters. The highest BCUT2D eigenvalue weighted by atomic mass is 16.5. The van der Waals surface area contributed by atoms with Crippen molar-refractivity contribution in [2.45, 2.75) is 6.92 Å². The van der Waals surface area contributed by atoms with Crippen molar-refractivity contribution in [3.05, 3.63) is 72.2 Å². The van der Waals surface area contributed by atoms with Crippen LogP contribution in [0.5, 0.6) is 5.75 Å². The van der Waals surface area contributed by atoms with Gasteiger partial charge in [0, 0.05) is 11.4 Å². The van der Waals surface area contributed by atoms with Crippen LogP contribution in [0, 0.1) is 0 Å². The van der Waals surface area contributed by atoms with Gasteiger partial charge in [0.25, 0.3) is 5.91 Å². The molecule has 1 aromatic heterocycles. The first-order valence-electron chi connectivity index (χ1n) is 8.90. The number of rotatable bonds is 7. The van der Waals surface area contributed by atoms with Crippen molar-refractivity contribution in [2.24, 2.45) is 0 Å². The molecule has 148 valence electrons. The van der Waals surface area contributed by atoms with Crippen LogP contribution in [-0.2, 0) is 4.74 Å². The van der Waals surface area contributed by atoms with E-state index in [1.54, 1.807) is 24.3 Å². The first-order chi connectivity index (χ1) is 14.1. The van der Waals surface area contributed by atoms with E-state index < -0.39 is 11.9 Å². The summed E-state index contributed by atoms with van der Waals surface area (Å²) in [5, 5.41) is 5.81. The fourth-order valence-electron chi connectivity index (χ4n) is 2.46. The molecule has 2 N–H and O–H groups in total. The Morgan fingerprint density at radius 1 is 0.931 bits per heavy atom. The van der Waals surface area contributed by atoms with Gasteiger partial charge in [0.15, 0.2) is 0 Å². The Bertz CT molecular complexity index is 971. The number of benzene rings is 2. The van der Waals surface area contributed by atoms with Crippen LogP contribution in [0.15, 0.2) is 60.9 Å². The number of hydrogen-bond acceptors (Lipinski definition) is 7. The summed E-state index contributed by atoms with van der Waals surface area (Å²) < 4.78 is 10.0. The minimum absolute atomic E-state index is 0.166. The molecule has 2 aromatic carbocycles. The molecular formula is C21H20N4O4. The number of carbonyl (C=O) groups excluding carboxylic acids is 2. The average Bonchev–Trinajstić information content (AvgIpc) is 2.76. The van der Waals surface area contributed by atoms with Crippen LogP contribution in [0.2, 0.25) is 0 Å². The molecule has 0 saturated heterocycles. The van der Waals surface area contributed by atoms with Gasteiger partial charge in [0.1, 0.15) is 17.3 Å². The molecule has 3 rings (SSSR count). The molecule has 3 aromatic rings. The Balaban J connectivity index is 1.60. The molecular weight excluding hydrogens is 372 g/mol. The van der Waals surface area contributed by atoms with Crippen LogP contribution in [0.3, 0.4) is 0 Å². The second-order valence-corrected chi connectivity index (χ2v) is 5.89. The van der Waals surface area contributed by atoms with E-state index in [0.717, 1.165) is 11.4 Å². The summed E-state index contributed by atoms with van der Waals surface area (Å²) in [6.07, 6.45) is 2.86. The lowest BCUT2D eigenvalue weighted by Crippen LogP contribution is -2.14. The lowest BCUT2D eigenvalue weighted by Gasteiger charge is -2.08. The zero-order valence-electron chi connectivity index (χ0n) is 16.0. The fourth-order valence-corrected chi connectivity index (χ4v) is 2.46. The molecule has 29 heavy (non-hydrogen) atoms. The van der Waals surface area contributed by atoms with Crippen LogP contribution in [0.1, 0.15) is 27.8 Å². The molecule has 0 aliphatic carbocycles. The number of nitrogens with one attached hydrogen (secondary N) is 2. The van der Waals surface area contributed by atoms with E-state index in [4.69, 9.17) is 4.74 Å². The third-order valence-electron chi connectivity index (χ3n) is 3.89. The summed E-state index contributed by atoms with van der Waals surface area (Å²) >= 11 is 0. The van der Waals surface area contributed by atoms with Crippen molar-refractivity contribution in [3.63, 3.8) is 0 Å². The van der Waals surface area contributed by atoms with Gasteiger partial charge in [-0.15, -0.1) is 0 Å². The van der Waals surface area contributed by atoms with E-state index in [1.807, 2.05) is 31.2 Å². The van der Waals surface area contributed by atoms with E-state index in [9.17, 15) is 9.59 Å². The summed E-state index contributed by atoms with van der Waals surface area (Å²) in [7, 11) is 1.31. The van der Waals surface area contributed by atoms with Crippen molar-refractivity contribution in [2.75, 3.05) is 24.4 Å². The number of methoxy groups -OCH3 is 1. The maximum atomic E-state index is 12.3. The summed E-state index contributed by atoms with van der Waals surface area (Å²) in [4.78, 5) is 32.1. The number of carbonyl (C=O) groups is 2. The average molecular weight is 392 g/mol. The Morgan fingerprint density at radius 3 is 2.21 bits per heavy atom. The van der Waals surface area contributed by atoms with E-state index >= 15 is 0 Å². The van der Waals surface area contributed by atoms with Crippen molar-refractivity contribution >= 4 is 29.1 Å². The van der Waals surface area contributed by atoms with E-state index in [2.05, 4.69) is 25.3 Å². The van der Waals surface area contributed by atoms with Gasteiger partial charge in [-0.3, -0.25) is 4.79 Å². The van der Waals surface area contributed by atoms with Crippen molar-refractivity contribution < 1.29 is 19.1 Å². The predicted octanol–water partition coefficient (Wildman–Crippen LogP) is 3.66. The second kappa shape index (κ2) is 9.32. The van der Waals surface area contributed by atoms with E-state index in [0.29, 0.717) is 23.7 Å². The van der Waals surface area contributed by atoms with Gasteiger partial charge >= 0.3 is 5.97 Å². The lowest BCUT2D eigenvalue weighted by atomic mass is 10.2. The van der Waals surface area contributed by atoms with Crippen molar-refractivity contribution in [1.29, 1.82) is 0 Å². The highest BCUT2D eigenvalue weighted by Crippen LogP contribution is 2.19. The first-order valence-corrected chi connectivity index (χ1v) is 8.90. The largest absolute Gasteiger partial charge is 0.494 e. The molecule has 0 atom stereocenters. The maximum absolute atomic E-state index is 12.3. The molecule has 0 spiro atoms. The minimum atomic E-state index is -0.440. The standard InChI is InChI=1S/C21H20N4O4/c1-3-29-17-10-8-15(9-11-17)24-19-13-22-18(12-23-19)20(26)25-16-6-4-14(5-7-16)21(27)28-2/h4-13H,3H2,1-2H3,(H,23,24)(H,25,26). The third kappa shape index (κ3) is 5.29. The summed E-state index contributed by atoms with van der Waals surface area (Å²) in [6, 6.07) is 13.8. The first kappa shape index (κ1) is 19.8. The normalized spacial score (nSPS) is 10.1. The Labute approximate surface area is 167 Å². The molecule has 8 heteroatoms. The van der Waals surface area contributed by atoms with E-state index in [1.165, 1.54) is 19.5 Å². The van der Waals surface area contributed by atoms with E-state index in [-0.39, 0.29) is 5.69 Å². The zero-order valence-corrected chi connectivity index (χ0v) is 16.0. The molecule has 0 fully saturated rings. The highest BCUT2D eigenvalue weighted by molar-refractivity contribution is 6.03. The van der Waals surface area contributed by atoms with Gasteiger partial charge in [-0.25, -0.2) is 14.8 Å². The molecule has 1 amide bonds. The fraction of sp³-hybridized carbons (Fsp3) is 0.143. The quantitative estimate of drug-likeness (QED) is 0.592. The lowest BCUT2D eigenvalue weighted by molar-refractivity contribution is 0.0600. The number of aromatic nitrogens is 2. The Kier molecular flexibility index (Phi) is 6.36. The van der Waals surface area contributed by atoms with Crippen molar-refractivity contribution in [1.82, 2.24) is 9.97 Å². The maximum Gasteiger partial charge on any atom is 0.337 e. The minimum Gasteiger partial charge on any atom is -0.494 e. The molecule has 1 heterocycles. The summed E-state index contributed by atoms with van der Waals surface area (Å²) in [5.74, 6) is 0.448. The molecule has 0 saturated carbocycles. The number of hydrogen-bond donors (Lipinski definition) is 2. The molecule has 0 bridgehead atoms. The topological polar surface area (TPSA) is 102 Å². The van der Waals surface area contributed by atoms with Crippen molar-refractivity contribution in [3.8, 4) is 5.75 Å². The third-order valence-corrected chi connectivity index (χ3v) is 3.89. The van der Waals surface area contributed by atoms with Gasteiger partial charge in [0.05, 0.1) is 31.7 Å². The van der Waals surface area contributed by atoms with Crippen LogP contribution < -0.4 is 15.4 Å². The number of amides is 1.